The van der Waals surface area contributed by atoms with Crippen LogP contribution in [0.2, 0.25) is 0 Å². The van der Waals surface area contributed by atoms with Crippen molar-refractivity contribution in [1.82, 2.24) is 20.2 Å². The number of rotatable bonds is 8. The molecule has 1 aromatic heterocycles. The summed E-state index contributed by atoms with van der Waals surface area (Å²) >= 11 is 0. The molecule has 13 nitrogen and oxygen atoms in total. The van der Waals surface area contributed by atoms with Gasteiger partial charge in [-0.25, -0.2) is 20.4 Å². The summed E-state index contributed by atoms with van der Waals surface area (Å²) in [5.41, 5.74) is -1.59. The Bertz CT molecular complexity index is 1420. The van der Waals surface area contributed by atoms with Crippen molar-refractivity contribution in [3.8, 4) is 11.5 Å². The molecule has 2 aliphatic rings. The molecule has 0 spiro atoms. The first kappa shape index (κ1) is 30.6. The molecule has 4 rings (SSSR count). The number of likely N-dealkylation sites (tertiary alicyclic amines) is 1. The molecule has 0 bridgehead atoms. The minimum Gasteiger partial charge on any atom is -0.497 e. The van der Waals surface area contributed by atoms with Crippen molar-refractivity contribution in [2.75, 3.05) is 27.8 Å². The smallest absolute Gasteiger partial charge is 0.411 e. The molecule has 1 aliphatic heterocycles. The number of hydrogen-bond acceptors (Lipinski definition) is 10. The predicted molar refractivity (Wildman–Crippen MR) is 152 cm³/mol. The highest BCUT2D eigenvalue weighted by molar-refractivity contribution is 5.97. The van der Waals surface area contributed by atoms with E-state index in [1.165, 1.54) is 32.2 Å². The molecule has 3 N–H and O–H groups in total. The summed E-state index contributed by atoms with van der Waals surface area (Å²) in [5.74, 6) is 4.54. The van der Waals surface area contributed by atoms with Crippen LogP contribution in [0.4, 0.5) is 4.79 Å². The molecule has 1 saturated carbocycles. The molecule has 2 aromatic rings. The summed E-state index contributed by atoms with van der Waals surface area (Å²) in [5, 5.41) is 4.28. The predicted octanol–water partition coefficient (Wildman–Crippen LogP) is 2.18. The molecule has 1 aromatic carbocycles. The zero-order valence-electron chi connectivity index (χ0n) is 24.6. The second-order valence-electron chi connectivity index (χ2n) is 11.4. The molecule has 4 atom stereocenters. The first-order valence-electron chi connectivity index (χ1n) is 13.4. The van der Waals surface area contributed by atoms with Crippen molar-refractivity contribution in [1.29, 1.82) is 0 Å². The van der Waals surface area contributed by atoms with Crippen molar-refractivity contribution in [3.05, 3.63) is 42.6 Å². The van der Waals surface area contributed by atoms with Gasteiger partial charge >= 0.3 is 12.1 Å². The van der Waals surface area contributed by atoms with Crippen LogP contribution in [-0.4, -0.2) is 89.9 Å². The molecular weight excluding hydrogens is 546 g/mol. The average Bonchev–Trinajstić information content (AvgIpc) is 3.48. The monoisotopic (exact) mass is 583 g/mol. The zero-order chi connectivity index (χ0) is 31.0. The van der Waals surface area contributed by atoms with Gasteiger partial charge in [-0.05, 0) is 39.3 Å². The Morgan fingerprint density at radius 1 is 1.21 bits per heavy atom. The van der Waals surface area contributed by atoms with Gasteiger partial charge in [0.2, 0.25) is 5.91 Å². The van der Waals surface area contributed by atoms with Crippen LogP contribution in [0, 0.1) is 5.92 Å². The van der Waals surface area contributed by atoms with Crippen LogP contribution in [0.5, 0.6) is 11.5 Å². The van der Waals surface area contributed by atoms with Crippen LogP contribution in [0.25, 0.3) is 10.9 Å². The number of nitrogens with two attached hydrogens (primary N) is 1. The minimum atomic E-state index is -1.24. The summed E-state index contributed by atoms with van der Waals surface area (Å²) in [6, 6.07) is 5.58. The Hall–Kier alpha value is -4.39. The Kier molecular flexibility index (Phi) is 8.35. The number of pyridine rings is 1. The molecule has 0 radical (unpaired) electrons. The lowest BCUT2D eigenvalue weighted by atomic mass is 10.1. The van der Waals surface area contributed by atoms with E-state index in [9.17, 15) is 19.2 Å². The number of nitrogens with one attached hydrogen (secondary N) is 1. The lowest BCUT2D eigenvalue weighted by Crippen LogP contribution is -2.53. The van der Waals surface area contributed by atoms with E-state index in [4.69, 9.17) is 24.8 Å². The number of nitrogens with zero attached hydrogens (tertiary/aromatic N) is 3. The van der Waals surface area contributed by atoms with E-state index < -0.39 is 47.2 Å². The van der Waals surface area contributed by atoms with Gasteiger partial charge in [0.25, 0.3) is 5.91 Å². The van der Waals surface area contributed by atoms with Crippen LogP contribution >= 0.6 is 0 Å². The van der Waals surface area contributed by atoms with Crippen molar-refractivity contribution >= 4 is 34.8 Å². The van der Waals surface area contributed by atoms with Gasteiger partial charge in [0.15, 0.2) is 0 Å². The molecule has 0 unspecified atom stereocenters. The molecule has 42 heavy (non-hydrogen) atoms. The summed E-state index contributed by atoms with van der Waals surface area (Å²) in [7, 11) is 4.16. The van der Waals surface area contributed by atoms with Crippen LogP contribution in [0.15, 0.2) is 36.9 Å². The summed E-state index contributed by atoms with van der Waals surface area (Å²) < 4.78 is 22.2. The topological polar surface area (TPSA) is 163 Å². The van der Waals surface area contributed by atoms with Gasteiger partial charge in [-0.15, -0.1) is 6.58 Å². The van der Waals surface area contributed by atoms with E-state index in [1.807, 2.05) is 0 Å². The second kappa shape index (κ2) is 11.5. The Balaban J connectivity index is 1.66. The number of carbonyl (C=O) groups excluding carboxylic acids is 4. The normalized spacial score (nSPS) is 23.1. The van der Waals surface area contributed by atoms with Crippen LogP contribution < -0.4 is 20.6 Å². The number of methoxy groups -OCH3 is 2. The lowest BCUT2D eigenvalue weighted by molar-refractivity contribution is -0.147. The van der Waals surface area contributed by atoms with Crippen molar-refractivity contribution in [2.24, 2.45) is 11.8 Å². The number of fused-ring (bicyclic) bond motifs is 1. The number of aromatic nitrogens is 1. The van der Waals surface area contributed by atoms with E-state index in [1.54, 1.807) is 45.0 Å². The SMILES string of the molecule is C=C[C@H]1C[C@]1(NC(=O)[C@@H]1C[C@@H](Oc2cc(C(=O)N(C)N)nc3cc(OC)ccc23)CN1C(=O)OC(C)(C)C)C(=O)OC. The maximum absolute atomic E-state index is 13.6. The van der Waals surface area contributed by atoms with Gasteiger partial charge in [-0.3, -0.25) is 19.5 Å². The van der Waals surface area contributed by atoms with Crippen LogP contribution in [-0.2, 0) is 19.1 Å². The Morgan fingerprint density at radius 3 is 2.50 bits per heavy atom. The second-order valence-corrected chi connectivity index (χ2v) is 11.4. The van der Waals surface area contributed by atoms with E-state index in [2.05, 4.69) is 16.9 Å². The maximum Gasteiger partial charge on any atom is 0.411 e. The number of benzene rings is 1. The van der Waals surface area contributed by atoms with Crippen LogP contribution in [0.3, 0.4) is 0 Å². The quantitative estimate of drug-likeness (QED) is 0.155. The summed E-state index contributed by atoms with van der Waals surface area (Å²) in [6.45, 7) is 8.90. The highest BCUT2D eigenvalue weighted by atomic mass is 16.6. The van der Waals surface area contributed by atoms with Gasteiger partial charge in [0.05, 0.1) is 26.3 Å². The Labute approximate surface area is 243 Å². The van der Waals surface area contributed by atoms with Crippen molar-refractivity contribution in [2.45, 2.75) is 56.9 Å². The lowest BCUT2D eigenvalue weighted by Gasteiger charge is -2.28. The third kappa shape index (κ3) is 6.10. The minimum absolute atomic E-state index is 0.00313. The van der Waals surface area contributed by atoms with E-state index in [0.717, 1.165) is 5.01 Å². The number of hydrogen-bond donors (Lipinski definition) is 2. The van der Waals surface area contributed by atoms with Crippen molar-refractivity contribution in [3.63, 3.8) is 0 Å². The van der Waals surface area contributed by atoms with Crippen molar-refractivity contribution < 1.29 is 38.1 Å². The van der Waals surface area contributed by atoms with Gasteiger partial charge in [0, 0.05) is 36.9 Å². The van der Waals surface area contributed by atoms with E-state index in [0.29, 0.717) is 28.8 Å². The first-order chi connectivity index (χ1) is 19.7. The van der Waals surface area contributed by atoms with Crippen LogP contribution in [0.1, 0.15) is 44.1 Å². The van der Waals surface area contributed by atoms with Gasteiger partial charge in [0.1, 0.15) is 40.5 Å². The number of carbonyl (C=O) groups is 4. The maximum atomic E-state index is 13.6. The first-order valence-corrected chi connectivity index (χ1v) is 13.4. The number of amides is 3. The molecule has 3 amide bonds. The molecule has 2 fully saturated rings. The fourth-order valence-corrected chi connectivity index (χ4v) is 5.01. The number of esters is 1. The third-order valence-electron chi connectivity index (χ3n) is 7.20. The Morgan fingerprint density at radius 2 is 1.93 bits per heavy atom. The molecule has 1 saturated heterocycles. The zero-order valence-corrected chi connectivity index (χ0v) is 24.6. The third-order valence-corrected chi connectivity index (χ3v) is 7.20. The summed E-state index contributed by atoms with van der Waals surface area (Å²) in [4.78, 5) is 57.8. The molecule has 1 aliphatic carbocycles. The molecule has 13 heteroatoms. The van der Waals surface area contributed by atoms with Gasteiger partial charge in [-0.1, -0.05) is 6.08 Å². The molecular formula is C29H37N5O8. The molecule has 2 heterocycles. The highest BCUT2D eigenvalue weighted by Gasteiger charge is 2.62. The van der Waals surface area contributed by atoms with Gasteiger partial charge in [-0.2, -0.15) is 0 Å². The summed E-state index contributed by atoms with van der Waals surface area (Å²) in [6.07, 6.45) is 0.628. The fraction of sp³-hybridized carbons (Fsp3) is 0.483. The highest BCUT2D eigenvalue weighted by Crippen LogP contribution is 2.45. The van der Waals surface area contributed by atoms with E-state index >= 15 is 0 Å². The fourth-order valence-electron chi connectivity index (χ4n) is 5.01. The van der Waals surface area contributed by atoms with E-state index in [-0.39, 0.29) is 24.6 Å². The number of hydrazine groups is 1. The average molecular weight is 584 g/mol. The molecule has 226 valence electrons. The standard InChI is InChI=1S/C29H37N5O8/c1-8-16-14-29(16,26(37)40-7)32-24(35)22-12-18(15-34(22)27(38)42-28(2,3)4)41-23-13-21(25(36)33(5)30)31-20-11-17(39-6)9-10-19(20)23/h8-11,13,16,18,22H,1,12,14-15,30H2,2-7H3,(H,32,35)/t16-,18+,22-,29+/m0/s1. The van der Waals surface area contributed by atoms with Gasteiger partial charge < -0.3 is 24.3 Å². The number of ether oxygens (including phenoxy) is 4. The largest absolute Gasteiger partial charge is 0.497 e.